The second-order valence-electron chi connectivity index (χ2n) is 9.93. The highest BCUT2D eigenvalue weighted by atomic mass is 16.5. The van der Waals surface area contributed by atoms with Crippen molar-refractivity contribution in [1.29, 1.82) is 0 Å². The van der Waals surface area contributed by atoms with Gasteiger partial charge in [-0.3, -0.25) is 9.59 Å². The fraction of sp³-hybridized carbons (Fsp3) is 0.135. The lowest BCUT2D eigenvalue weighted by atomic mass is 10.0. The van der Waals surface area contributed by atoms with Gasteiger partial charge in [-0.1, -0.05) is 92.7 Å². The van der Waals surface area contributed by atoms with Crippen molar-refractivity contribution in [2.24, 2.45) is 0 Å². The summed E-state index contributed by atoms with van der Waals surface area (Å²) in [5.41, 5.74) is 5.26. The van der Waals surface area contributed by atoms with Gasteiger partial charge in [0.2, 0.25) is 5.91 Å². The number of ketones is 1. The molecular formula is C37H33NO3. The van der Waals surface area contributed by atoms with E-state index in [1.165, 1.54) is 0 Å². The maximum absolute atomic E-state index is 13.2. The second kappa shape index (κ2) is 12.9. The lowest BCUT2D eigenvalue weighted by Crippen LogP contribution is -2.17. The van der Waals surface area contributed by atoms with Crippen LogP contribution in [0.15, 0.2) is 115 Å². The Balaban J connectivity index is 1.34. The number of fused-ring (bicyclic) bond motifs is 1. The average Bonchev–Trinajstić information content (AvgIpc) is 3.00. The molecule has 0 bridgehead atoms. The molecule has 0 atom stereocenters. The summed E-state index contributed by atoms with van der Waals surface area (Å²) in [6, 6.07) is 35.1. The van der Waals surface area contributed by atoms with Crippen molar-refractivity contribution < 1.29 is 14.3 Å². The van der Waals surface area contributed by atoms with Crippen molar-refractivity contribution in [1.82, 2.24) is 0 Å². The number of amides is 1. The summed E-state index contributed by atoms with van der Waals surface area (Å²) in [6.45, 7) is 4.17. The molecule has 5 aromatic carbocycles. The average molecular weight is 540 g/mol. The van der Waals surface area contributed by atoms with Gasteiger partial charge >= 0.3 is 0 Å². The van der Waals surface area contributed by atoms with E-state index >= 15 is 0 Å². The molecule has 0 spiro atoms. The molecule has 1 amide bonds. The first kappa shape index (κ1) is 27.6. The zero-order chi connectivity index (χ0) is 28.6. The lowest BCUT2D eigenvalue weighted by molar-refractivity contribution is -0.115. The van der Waals surface area contributed by atoms with Crippen LogP contribution >= 0.6 is 0 Å². The molecule has 204 valence electrons. The maximum Gasteiger partial charge on any atom is 0.228 e. The van der Waals surface area contributed by atoms with Gasteiger partial charge in [0.25, 0.3) is 0 Å². The number of allylic oxidation sites excluding steroid dienone is 1. The Labute approximate surface area is 241 Å². The van der Waals surface area contributed by atoms with Gasteiger partial charge in [0, 0.05) is 16.8 Å². The summed E-state index contributed by atoms with van der Waals surface area (Å²) in [6.07, 6.45) is 5.22. The van der Waals surface area contributed by atoms with Crippen molar-refractivity contribution in [3.63, 3.8) is 0 Å². The molecule has 5 aromatic rings. The Hall–Kier alpha value is -4.96. The fourth-order valence-corrected chi connectivity index (χ4v) is 4.94. The first-order valence-electron chi connectivity index (χ1n) is 14.0. The predicted molar refractivity (Wildman–Crippen MR) is 168 cm³/mol. The summed E-state index contributed by atoms with van der Waals surface area (Å²) in [7, 11) is 0. The Morgan fingerprint density at radius 3 is 2.10 bits per heavy atom. The van der Waals surface area contributed by atoms with Crippen LogP contribution in [-0.2, 0) is 24.1 Å². The third-order valence-corrected chi connectivity index (χ3v) is 7.10. The highest BCUT2D eigenvalue weighted by Gasteiger charge is 2.12. The Kier molecular flexibility index (Phi) is 8.70. The largest absolute Gasteiger partial charge is 0.457 e. The number of benzene rings is 5. The van der Waals surface area contributed by atoms with E-state index in [4.69, 9.17) is 4.74 Å². The van der Waals surface area contributed by atoms with Crippen molar-refractivity contribution in [2.75, 3.05) is 5.32 Å². The zero-order valence-electron chi connectivity index (χ0n) is 23.4. The number of para-hydroxylation sites is 2. The highest BCUT2D eigenvalue weighted by Crippen LogP contribution is 2.31. The van der Waals surface area contributed by atoms with Crippen LogP contribution in [-0.4, -0.2) is 11.7 Å². The van der Waals surface area contributed by atoms with Crippen molar-refractivity contribution in [3.05, 3.63) is 143 Å². The van der Waals surface area contributed by atoms with E-state index in [-0.39, 0.29) is 18.1 Å². The third kappa shape index (κ3) is 6.79. The van der Waals surface area contributed by atoms with E-state index in [2.05, 4.69) is 19.2 Å². The van der Waals surface area contributed by atoms with Crippen molar-refractivity contribution in [2.45, 2.75) is 33.1 Å². The highest BCUT2D eigenvalue weighted by molar-refractivity contribution is 6.07. The molecular weight excluding hydrogens is 506 g/mol. The van der Waals surface area contributed by atoms with Gasteiger partial charge in [0.15, 0.2) is 5.78 Å². The molecule has 4 nitrogen and oxygen atoms in total. The number of carbonyl (C=O) groups excluding carboxylic acids is 2. The molecule has 0 aliphatic heterocycles. The molecule has 0 saturated carbocycles. The van der Waals surface area contributed by atoms with Crippen LogP contribution in [0.1, 0.15) is 46.5 Å². The third-order valence-electron chi connectivity index (χ3n) is 7.10. The summed E-state index contributed by atoms with van der Waals surface area (Å²) in [5.74, 6) is 1.15. The van der Waals surface area contributed by atoms with E-state index in [1.54, 1.807) is 24.3 Å². The van der Waals surface area contributed by atoms with E-state index in [0.717, 1.165) is 57.3 Å². The molecule has 0 unspecified atom stereocenters. The van der Waals surface area contributed by atoms with Gasteiger partial charge in [-0.15, -0.1) is 0 Å². The number of ether oxygens (including phenoxy) is 1. The quantitative estimate of drug-likeness (QED) is 0.142. The standard InChI is InChI=1S/C37H33NO3/c1-3-27-15-11-16-28(4-2)37(27)38-36(40)23-26-12-10-17-31(22-26)34(39)21-20-32-24-29-13-8-9-14-30(29)25-35(32)41-33-18-6-5-7-19-33/h5-22,24-25H,3-4,23H2,1-2H3,(H,38,40). The minimum atomic E-state index is -0.143. The number of hydrogen-bond acceptors (Lipinski definition) is 3. The maximum atomic E-state index is 13.2. The molecule has 0 radical (unpaired) electrons. The van der Waals surface area contributed by atoms with E-state index < -0.39 is 0 Å². The second-order valence-corrected chi connectivity index (χ2v) is 9.93. The van der Waals surface area contributed by atoms with Gasteiger partial charge in [0.05, 0.1) is 6.42 Å². The van der Waals surface area contributed by atoms with Gasteiger partial charge < -0.3 is 10.1 Å². The SMILES string of the molecule is CCc1cccc(CC)c1NC(=O)Cc1cccc(C(=O)C=Cc2cc3ccccc3cc2Oc2ccccc2)c1. The van der Waals surface area contributed by atoms with Gasteiger partial charge in [-0.2, -0.15) is 0 Å². The normalized spacial score (nSPS) is 11.1. The smallest absolute Gasteiger partial charge is 0.228 e. The molecule has 0 aliphatic carbocycles. The van der Waals surface area contributed by atoms with Gasteiger partial charge in [0.1, 0.15) is 11.5 Å². The topological polar surface area (TPSA) is 55.4 Å². The van der Waals surface area contributed by atoms with Gasteiger partial charge in [-0.05, 0) is 82.8 Å². The molecule has 5 rings (SSSR count). The van der Waals surface area contributed by atoms with E-state index in [1.807, 2.05) is 97.1 Å². The molecule has 0 heterocycles. The predicted octanol–water partition coefficient (Wildman–Crippen LogP) is 8.83. The summed E-state index contributed by atoms with van der Waals surface area (Å²) >= 11 is 0. The Morgan fingerprint density at radius 1 is 0.732 bits per heavy atom. The fourth-order valence-electron chi connectivity index (χ4n) is 4.94. The monoisotopic (exact) mass is 539 g/mol. The van der Waals surface area contributed by atoms with Crippen LogP contribution in [0.25, 0.3) is 16.8 Å². The van der Waals surface area contributed by atoms with Gasteiger partial charge in [-0.25, -0.2) is 0 Å². The number of rotatable bonds is 10. The molecule has 41 heavy (non-hydrogen) atoms. The minimum absolute atomic E-state index is 0.0976. The minimum Gasteiger partial charge on any atom is -0.457 e. The van der Waals surface area contributed by atoms with Crippen molar-refractivity contribution >= 4 is 34.2 Å². The number of nitrogens with one attached hydrogen (secondary N) is 1. The molecule has 0 aromatic heterocycles. The first-order valence-corrected chi connectivity index (χ1v) is 14.0. The first-order chi connectivity index (χ1) is 20.0. The molecule has 1 N–H and O–H groups in total. The van der Waals surface area contributed by atoms with Crippen LogP contribution in [0.2, 0.25) is 0 Å². The molecule has 0 aliphatic rings. The summed E-state index contributed by atoms with van der Waals surface area (Å²) in [4.78, 5) is 26.2. The number of anilines is 1. The molecule has 0 saturated heterocycles. The van der Waals surface area contributed by atoms with Crippen LogP contribution in [0.5, 0.6) is 11.5 Å². The van der Waals surface area contributed by atoms with E-state index in [9.17, 15) is 9.59 Å². The van der Waals surface area contributed by atoms with Crippen LogP contribution in [0.3, 0.4) is 0 Å². The van der Waals surface area contributed by atoms with Crippen LogP contribution < -0.4 is 10.1 Å². The van der Waals surface area contributed by atoms with E-state index in [0.29, 0.717) is 11.3 Å². The number of hydrogen-bond donors (Lipinski definition) is 1. The summed E-state index contributed by atoms with van der Waals surface area (Å²) in [5, 5.41) is 5.23. The Bertz CT molecular complexity index is 1700. The van der Waals surface area contributed by atoms with Crippen LogP contribution in [0, 0.1) is 0 Å². The summed E-state index contributed by atoms with van der Waals surface area (Å²) < 4.78 is 6.19. The number of carbonyl (C=O) groups is 2. The number of aryl methyl sites for hydroxylation is 2. The molecule has 0 fully saturated rings. The molecule has 4 heteroatoms. The Morgan fingerprint density at radius 2 is 1.39 bits per heavy atom. The van der Waals surface area contributed by atoms with Crippen molar-refractivity contribution in [3.8, 4) is 11.5 Å². The lowest BCUT2D eigenvalue weighted by Gasteiger charge is -2.14. The zero-order valence-corrected chi connectivity index (χ0v) is 23.4. The van der Waals surface area contributed by atoms with Crippen LogP contribution in [0.4, 0.5) is 5.69 Å².